The summed E-state index contributed by atoms with van der Waals surface area (Å²) in [7, 11) is -2.02. The van der Waals surface area contributed by atoms with E-state index in [1.54, 1.807) is 19.2 Å². The third kappa shape index (κ3) is 3.00. The standard InChI is InChI=1S/C13H19N3O3S/c1-9(14)10-3-5-11(6-4-10)20(18,19)15-12-7-8-16(2)13(12)17/h3-6,9,12,15H,7-8,14H2,1-2H3. The summed E-state index contributed by atoms with van der Waals surface area (Å²) in [4.78, 5) is 13.4. The molecule has 2 rings (SSSR count). The van der Waals surface area contributed by atoms with Gasteiger partial charge < -0.3 is 10.6 Å². The van der Waals surface area contributed by atoms with Gasteiger partial charge in [-0.2, -0.15) is 4.72 Å². The van der Waals surface area contributed by atoms with E-state index in [9.17, 15) is 13.2 Å². The largest absolute Gasteiger partial charge is 0.344 e. The number of hydrogen-bond acceptors (Lipinski definition) is 4. The van der Waals surface area contributed by atoms with Crippen molar-refractivity contribution in [2.24, 2.45) is 5.73 Å². The quantitative estimate of drug-likeness (QED) is 0.831. The average Bonchev–Trinajstić information content (AvgIpc) is 2.70. The van der Waals surface area contributed by atoms with Gasteiger partial charge in [-0.3, -0.25) is 4.79 Å². The van der Waals surface area contributed by atoms with Gasteiger partial charge in [0, 0.05) is 19.6 Å². The van der Waals surface area contributed by atoms with Crippen molar-refractivity contribution in [3.05, 3.63) is 29.8 Å². The van der Waals surface area contributed by atoms with Crippen LogP contribution >= 0.6 is 0 Å². The van der Waals surface area contributed by atoms with Crippen LogP contribution in [0.25, 0.3) is 0 Å². The van der Waals surface area contributed by atoms with Crippen LogP contribution < -0.4 is 10.5 Å². The lowest BCUT2D eigenvalue weighted by molar-refractivity contribution is -0.127. The molecule has 1 aliphatic rings. The highest BCUT2D eigenvalue weighted by Crippen LogP contribution is 2.17. The summed E-state index contributed by atoms with van der Waals surface area (Å²) in [6.45, 7) is 2.39. The molecule has 1 aromatic carbocycles. The molecule has 0 aromatic heterocycles. The molecule has 0 aliphatic carbocycles. The number of nitrogens with zero attached hydrogens (tertiary/aromatic N) is 1. The molecule has 1 aromatic rings. The third-order valence-electron chi connectivity index (χ3n) is 3.44. The Kier molecular flexibility index (Phi) is 4.12. The van der Waals surface area contributed by atoms with E-state index in [-0.39, 0.29) is 16.8 Å². The molecule has 1 aliphatic heterocycles. The predicted octanol–water partition coefficient (Wildman–Crippen LogP) is 0.215. The Labute approximate surface area is 119 Å². The number of likely N-dealkylation sites (N-methyl/N-ethyl adjacent to an activating group) is 1. The monoisotopic (exact) mass is 297 g/mol. The Morgan fingerprint density at radius 1 is 1.35 bits per heavy atom. The first-order chi connectivity index (χ1) is 9.31. The molecule has 1 amide bonds. The summed E-state index contributed by atoms with van der Waals surface area (Å²) < 4.78 is 26.9. The lowest BCUT2D eigenvalue weighted by atomic mass is 10.1. The zero-order valence-corrected chi connectivity index (χ0v) is 12.4. The molecular weight excluding hydrogens is 278 g/mol. The first-order valence-electron chi connectivity index (χ1n) is 6.44. The topological polar surface area (TPSA) is 92.5 Å². The molecule has 1 saturated heterocycles. The summed E-state index contributed by atoms with van der Waals surface area (Å²) in [6, 6.07) is 5.56. The van der Waals surface area contributed by atoms with Crippen LogP contribution in [0.3, 0.4) is 0 Å². The third-order valence-corrected chi connectivity index (χ3v) is 4.93. The lowest BCUT2D eigenvalue weighted by Gasteiger charge is -2.13. The molecule has 1 heterocycles. The van der Waals surface area contributed by atoms with E-state index in [4.69, 9.17) is 5.73 Å². The molecule has 7 heteroatoms. The van der Waals surface area contributed by atoms with Crippen molar-refractivity contribution >= 4 is 15.9 Å². The van der Waals surface area contributed by atoms with E-state index in [0.717, 1.165) is 5.56 Å². The molecule has 1 fully saturated rings. The van der Waals surface area contributed by atoms with Gasteiger partial charge in [0.25, 0.3) is 0 Å². The van der Waals surface area contributed by atoms with Crippen LogP contribution in [0.1, 0.15) is 24.9 Å². The molecule has 110 valence electrons. The molecule has 2 atom stereocenters. The molecule has 2 unspecified atom stereocenters. The lowest BCUT2D eigenvalue weighted by Crippen LogP contribution is -2.40. The van der Waals surface area contributed by atoms with Crippen molar-refractivity contribution < 1.29 is 13.2 Å². The maximum absolute atomic E-state index is 12.2. The molecule has 0 spiro atoms. The van der Waals surface area contributed by atoms with Crippen LogP contribution in [0.5, 0.6) is 0 Å². The van der Waals surface area contributed by atoms with Crippen molar-refractivity contribution in [3.8, 4) is 0 Å². The molecule has 0 saturated carbocycles. The first kappa shape index (κ1) is 15.0. The van der Waals surface area contributed by atoms with Gasteiger partial charge in [-0.05, 0) is 31.0 Å². The van der Waals surface area contributed by atoms with Gasteiger partial charge in [0.2, 0.25) is 15.9 Å². The van der Waals surface area contributed by atoms with Gasteiger partial charge in [-0.1, -0.05) is 12.1 Å². The maximum Gasteiger partial charge on any atom is 0.241 e. The number of hydrogen-bond donors (Lipinski definition) is 2. The van der Waals surface area contributed by atoms with Gasteiger partial charge in [-0.25, -0.2) is 8.42 Å². The van der Waals surface area contributed by atoms with Crippen LogP contribution in [0.2, 0.25) is 0 Å². The van der Waals surface area contributed by atoms with Crippen LogP contribution in [-0.2, 0) is 14.8 Å². The average molecular weight is 297 g/mol. The Morgan fingerprint density at radius 3 is 2.40 bits per heavy atom. The van der Waals surface area contributed by atoms with Gasteiger partial charge in [-0.15, -0.1) is 0 Å². The normalized spacial score (nSPS) is 21.2. The number of amides is 1. The molecule has 0 radical (unpaired) electrons. The van der Waals surface area contributed by atoms with Crippen molar-refractivity contribution in [2.45, 2.75) is 30.3 Å². The minimum atomic E-state index is -3.68. The fourth-order valence-corrected chi connectivity index (χ4v) is 3.36. The summed E-state index contributed by atoms with van der Waals surface area (Å²) in [5.74, 6) is -0.194. The van der Waals surface area contributed by atoms with E-state index in [1.165, 1.54) is 17.0 Å². The first-order valence-corrected chi connectivity index (χ1v) is 7.92. The highest BCUT2D eigenvalue weighted by atomic mass is 32.2. The van der Waals surface area contributed by atoms with Gasteiger partial charge in [0.05, 0.1) is 4.90 Å². The Bertz CT molecular complexity index is 596. The van der Waals surface area contributed by atoms with Crippen molar-refractivity contribution in [3.63, 3.8) is 0 Å². The summed E-state index contributed by atoms with van der Waals surface area (Å²) in [6.07, 6.45) is 0.493. The Balaban J connectivity index is 2.16. The number of sulfonamides is 1. The predicted molar refractivity (Wildman–Crippen MR) is 75.4 cm³/mol. The number of rotatable bonds is 4. The van der Waals surface area contributed by atoms with Crippen LogP contribution in [0.4, 0.5) is 0 Å². The Hall–Kier alpha value is -1.44. The number of carbonyl (C=O) groups is 1. The van der Waals surface area contributed by atoms with Crippen LogP contribution in [0, 0.1) is 0 Å². The summed E-state index contributed by atoms with van der Waals surface area (Å²) in [5.41, 5.74) is 6.58. The van der Waals surface area contributed by atoms with Gasteiger partial charge in [0.15, 0.2) is 0 Å². The second-order valence-corrected chi connectivity index (χ2v) is 6.79. The van der Waals surface area contributed by atoms with Crippen LogP contribution in [0.15, 0.2) is 29.2 Å². The maximum atomic E-state index is 12.2. The number of nitrogens with one attached hydrogen (secondary N) is 1. The highest BCUT2D eigenvalue weighted by Gasteiger charge is 2.32. The highest BCUT2D eigenvalue weighted by molar-refractivity contribution is 7.89. The molecule has 20 heavy (non-hydrogen) atoms. The van der Waals surface area contributed by atoms with E-state index in [2.05, 4.69) is 4.72 Å². The van der Waals surface area contributed by atoms with Gasteiger partial charge in [0.1, 0.15) is 6.04 Å². The van der Waals surface area contributed by atoms with Crippen molar-refractivity contribution in [1.29, 1.82) is 0 Å². The molecular formula is C13H19N3O3S. The second kappa shape index (κ2) is 5.51. The van der Waals surface area contributed by atoms with Crippen molar-refractivity contribution in [1.82, 2.24) is 9.62 Å². The summed E-state index contributed by atoms with van der Waals surface area (Å²) in [5, 5.41) is 0. The van der Waals surface area contributed by atoms with Crippen LogP contribution in [-0.4, -0.2) is 38.9 Å². The van der Waals surface area contributed by atoms with Crippen molar-refractivity contribution in [2.75, 3.05) is 13.6 Å². The van der Waals surface area contributed by atoms with E-state index < -0.39 is 16.1 Å². The SMILES string of the molecule is CC(N)c1ccc(S(=O)(=O)NC2CCN(C)C2=O)cc1. The zero-order chi connectivity index (χ0) is 14.9. The fraction of sp³-hybridized carbons (Fsp3) is 0.462. The molecule has 6 nitrogen and oxygen atoms in total. The molecule has 0 bridgehead atoms. The summed E-state index contributed by atoms with van der Waals surface area (Å²) >= 11 is 0. The Morgan fingerprint density at radius 2 is 1.95 bits per heavy atom. The molecule has 3 N–H and O–H groups in total. The second-order valence-electron chi connectivity index (χ2n) is 5.08. The zero-order valence-electron chi connectivity index (χ0n) is 11.5. The number of benzene rings is 1. The van der Waals surface area contributed by atoms with E-state index in [0.29, 0.717) is 13.0 Å². The van der Waals surface area contributed by atoms with E-state index in [1.807, 2.05) is 6.92 Å². The van der Waals surface area contributed by atoms with E-state index >= 15 is 0 Å². The number of carbonyl (C=O) groups excluding carboxylic acids is 1. The number of nitrogens with two attached hydrogens (primary N) is 1. The smallest absolute Gasteiger partial charge is 0.241 e. The van der Waals surface area contributed by atoms with Gasteiger partial charge >= 0.3 is 0 Å². The number of likely N-dealkylation sites (tertiary alicyclic amines) is 1. The fourth-order valence-electron chi connectivity index (χ4n) is 2.14. The minimum Gasteiger partial charge on any atom is -0.344 e. The minimum absolute atomic E-state index is 0.143.